The first-order valence-corrected chi connectivity index (χ1v) is 6.65. The summed E-state index contributed by atoms with van der Waals surface area (Å²) in [6.45, 7) is 3.93. The average molecular weight is 240 g/mol. The zero-order chi connectivity index (χ0) is 12.6. The molecule has 1 aliphatic rings. The Morgan fingerprint density at radius 3 is 2.56 bits per heavy atom. The van der Waals surface area contributed by atoms with Crippen molar-refractivity contribution >= 4 is 16.5 Å². The van der Waals surface area contributed by atoms with Crippen molar-refractivity contribution in [2.24, 2.45) is 11.1 Å². The van der Waals surface area contributed by atoms with E-state index in [1.54, 1.807) is 0 Å². The lowest BCUT2D eigenvalue weighted by Crippen LogP contribution is -2.24. The van der Waals surface area contributed by atoms with Gasteiger partial charge in [-0.25, -0.2) is 0 Å². The third-order valence-corrected chi connectivity index (χ3v) is 4.05. The molecule has 2 heteroatoms. The van der Waals surface area contributed by atoms with E-state index >= 15 is 0 Å². The summed E-state index contributed by atoms with van der Waals surface area (Å²) < 4.78 is 0. The Bertz CT molecular complexity index is 570. The van der Waals surface area contributed by atoms with E-state index in [2.05, 4.69) is 48.6 Å². The van der Waals surface area contributed by atoms with Crippen molar-refractivity contribution in [1.29, 1.82) is 0 Å². The highest BCUT2D eigenvalue weighted by Crippen LogP contribution is 2.44. The van der Waals surface area contributed by atoms with Gasteiger partial charge < -0.3 is 11.1 Å². The molecule has 2 nitrogen and oxygen atoms in total. The van der Waals surface area contributed by atoms with E-state index in [9.17, 15) is 0 Å². The SMILES string of the molecule is Cc1ccc2cc(NCC3(CN)CC3)ccc2c1. The van der Waals surface area contributed by atoms with Crippen molar-refractivity contribution in [3.05, 3.63) is 42.0 Å². The molecule has 0 spiro atoms. The van der Waals surface area contributed by atoms with E-state index in [0.29, 0.717) is 5.41 Å². The molecule has 3 N–H and O–H groups in total. The zero-order valence-electron chi connectivity index (χ0n) is 10.9. The van der Waals surface area contributed by atoms with Crippen LogP contribution in [-0.4, -0.2) is 13.1 Å². The third-order valence-electron chi connectivity index (χ3n) is 4.05. The second-order valence-corrected chi connectivity index (χ2v) is 5.62. The van der Waals surface area contributed by atoms with Crippen LogP contribution in [0.2, 0.25) is 0 Å². The lowest BCUT2D eigenvalue weighted by Gasteiger charge is -2.14. The summed E-state index contributed by atoms with van der Waals surface area (Å²) in [5, 5.41) is 6.13. The van der Waals surface area contributed by atoms with Gasteiger partial charge in [0.15, 0.2) is 0 Å². The fourth-order valence-electron chi connectivity index (χ4n) is 2.39. The first kappa shape index (κ1) is 11.5. The smallest absolute Gasteiger partial charge is 0.0346 e. The number of rotatable bonds is 4. The topological polar surface area (TPSA) is 38.0 Å². The molecule has 2 aromatic carbocycles. The van der Waals surface area contributed by atoms with Crippen LogP contribution in [0.4, 0.5) is 5.69 Å². The maximum atomic E-state index is 5.80. The van der Waals surface area contributed by atoms with E-state index in [1.165, 1.54) is 34.9 Å². The Hall–Kier alpha value is -1.54. The standard InChI is InChI=1S/C16H20N2/c1-12-2-3-14-9-15(5-4-13(14)8-12)18-11-16(10-17)6-7-16/h2-5,8-9,18H,6-7,10-11,17H2,1H3. The van der Waals surface area contributed by atoms with E-state index in [4.69, 9.17) is 5.73 Å². The Balaban J connectivity index is 1.79. The summed E-state index contributed by atoms with van der Waals surface area (Å²) in [6.07, 6.45) is 2.53. The molecule has 0 bridgehead atoms. The second kappa shape index (κ2) is 4.29. The maximum absolute atomic E-state index is 5.80. The summed E-state index contributed by atoms with van der Waals surface area (Å²) in [7, 11) is 0. The van der Waals surface area contributed by atoms with Gasteiger partial charge in [-0.05, 0) is 54.6 Å². The van der Waals surface area contributed by atoms with Crippen molar-refractivity contribution in [2.75, 3.05) is 18.4 Å². The Labute approximate surface area is 108 Å². The normalized spacial score (nSPS) is 16.8. The van der Waals surface area contributed by atoms with Crippen molar-refractivity contribution in [3.8, 4) is 0 Å². The molecular weight excluding hydrogens is 220 g/mol. The van der Waals surface area contributed by atoms with Crippen LogP contribution in [0.15, 0.2) is 36.4 Å². The van der Waals surface area contributed by atoms with Gasteiger partial charge in [-0.15, -0.1) is 0 Å². The maximum Gasteiger partial charge on any atom is 0.0346 e. The quantitative estimate of drug-likeness (QED) is 0.860. The highest BCUT2D eigenvalue weighted by atomic mass is 14.9. The number of aryl methyl sites for hydroxylation is 1. The highest BCUT2D eigenvalue weighted by Gasteiger charge is 2.40. The van der Waals surface area contributed by atoms with Crippen LogP contribution in [0.1, 0.15) is 18.4 Å². The van der Waals surface area contributed by atoms with Crippen molar-refractivity contribution in [1.82, 2.24) is 0 Å². The molecule has 0 aromatic heterocycles. The Morgan fingerprint density at radius 2 is 1.83 bits per heavy atom. The summed E-state index contributed by atoms with van der Waals surface area (Å²) in [5.41, 5.74) is 8.69. The molecule has 0 heterocycles. The monoisotopic (exact) mass is 240 g/mol. The fraction of sp³-hybridized carbons (Fsp3) is 0.375. The zero-order valence-corrected chi connectivity index (χ0v) is 10.9. The van der Waals surface area contributed by atoms with Gasteiger partial charge in [0.1, 0.15) is 0 Å². The van der Waals surface area contributed by atoms with E-state index in [-0.39, 0.29) is 0 Å². The molecule has 1 aliphatic carbocycles. The molecule has 18 heavy (non-hydrogen) atoms. The number of anilines is 1. The number of nitrogens with one attached hydrogen (secondary N) is 1. The van der Waals surface area contributed by atoms with E-state index < -0.39 is 0 Å². The molecule has 2 aromatic rings. The van der Waals surface area contributed by atoms with Gasteiger partial charge >= 0.3 is 0 Å². The molecule has 1 fully saturated rings. The predicted octanol–water partition coefficient (Wildman–Crippen LogP) is 3.30. The van der Waals surface area contributed by atoms with Gasteiger partial charge in [-0.2, -0.15) is 0 Å². The van der Waals surface area contributed by atoms with Crippen LogP contribution in [-0.2, 0) is 0 Å². The number of hydrogen-bond donors (Lipinski definition) is 2. The van der Waals surface area contributed by atoms with Gasteiger partial charge in [0, 0.05) is 12.2 Å². The molecule has 0 amide bonds. The molecule has 3 rings (SSSR count). The lowest BCUT2D eigenvalue weighted by molar-refractivity contribution is 0.556. The van der Waals surface area contributed by atoms with Crippen LogP contribution in [0, 0.1) is 12.3 Å². The van der Waals surface area contributed by atoms with E-state index in [0.717, 1.165) is 13.1 Å². The molecule has 94 valence electrons. The van der Waals surface area contributed by atoms with Gasteiger partial charge in [0.05, 0.1) is 0 Å². The molecule has 0 saturated heterocycles. The minimum atomic E-state index is 0.377. The van der Waals surface area contributed by atoms with Crippen molar-refractivity contribution in [3.63, 3.8) is 0 Å². The highest BCUT2D eigenvalue weighted by molar-refractivity contribution is 5.86. The predicted molar refractivity (Wildman–Crippen MR) is 77.9 cm³/mol. The largest absolute Gasteiger partial charge is 0.384 e. The van der Waals surface area contributed by atoms with Crippen molar-refractivity contribution in [2.45, 2.75) is 19.8 Å². The van der Waals surface area contributed by atoms with Crippen LogP contribution in [0.25, 0.3) is 10.8 Å². The van der Waals surface area contributed by atoms with Gasteiger partial charge in [0.2, 0.25) is 0 Å². The van der Waals surface area contributed by atoms with Crippen LogP contribution < -0.4 is 11.1 Å². The Kier molecular flexibility index (Phi) is 2.75. The molecular formula is C16H20N2. The molecule has 0 aliphatic heterocycles. The summed E-state index contributed by atoms with van der Waals surface area (Å²) in [4.78, 5) is 0. The van der Waals surface area contributed by atoms with E-state index in [1.807, 2.05) is 0 Å². The molecule has 1 saturated carbocycles. The van der Waals surface area contributed by atoms with Crippen molar-refractivity contribution < 1.29 is 0 Å². The minimum absolute atomic E-state index is 0.377. The molecule has 0 atom stereocenters. The number of fused-ring (bicyclic) bond motifs is 1. The third kappa shape index (κ3) is 2.21. The average Bonchev–Trinajstić information content (AvgIpc) is 3.17. The van der Waals surface area contributed by atoms with Crippen LogP contribution in [0.5, 0.6) is 0 Å². The Morgan fingerprint density at radius 1 is 1.11 bits per heavy atom. The summed E-state index contributed by atoms with van der Waals surface area (Å²) in [5.74, 6) is 0. The number of hydrogen-bond acceptors (Lipinski definition) is 2. The van der Waals surface area contributed by atoms with Crippen LogP contribution in [0.3, 0.4) is 0 Å². The molecule has 0 radical (unpaired) electrons. The van der Waals surface area contributed by atoms with Crippen LogP contribution >= 0.6 is 0 Å². The number of benzene rings is 2. The minimum Gasteiger partial charge on any atom is -0.384 e. The molecule has 0 unspecified atom stereocenters. The summed E-state index contributed by atoms with van der Waals surface area (Å²) in [6, 6.07) is 13.1. The lowest BCUT2D eigenvalue weighted by atomic mass is 10.1. The first-order chi connectivity index (χ1) is 8.71. The second-order valence-electron chi connectivity index (χ2n) is 5.62. The van der Waals surface area contributed by atoms with Gasteiger partial charge in [-0.3, -0.25) is 0 Å². The number of nitrogens with two attached hydrogens (primary N) is 1. The fourth-order valence-corrected chi connectivity index (χ4v) is 2.39. The van der Waals surface area contributed by atoms with Gasteiger partial charge in [0.25, 0.3) is 0 Å². The summed E-state index contributed by atoms with van der Waals surface area (Å²) >= 11 is 0. The first-order valence-electron chi connectivity index (χ1n) is 6.65. The van der Waals surface area contributed by atoms with Gasteiger partial charge in [-0.1, -0.05) is 29.8 Å².